The molecule has 5 nitrogen and oxygen atoms in total. The van der Waals surface area contributed by atoms with Gasteiger partial charge in [-0.15, -0.1) is 0 Å². The lowest BCUT2D eigenvalue weighted by Gasteiger charge is -2.13. The van der Waals surface area contributed by atoms with Crippen LogP contribution in [0.1, 0.15) is 32.0 Å². The van der Waals surface area contributed by atoms with Crippen molar-refractivity contribution in [2.45, 2.75) is 33.1 Å². The van der Waals surface area contributed by atoms with Crippen molar-refractivity contribution in [3.05, 3.63) is 83.2 Å². The van der Waals surface area contributed by atoms with Crippen LogP contribution in [0.3, 0.4) is 0 Å². The van der Waals surface area contributed by atoms with Crippen LogP contribution in [0.15, 0.2) is 66.9 Å². The number of hydrogen-bond acceptors (Lipinski definition) is 4. The normalized spacial score (nSPS) is 12.0. The van der Waals surface area contributed by atoms with Crippen molar-refractivity contribution in [3.8, 4) is 22.7 Å². The highest BCUT2D eigenvalue weighted by Crippen LogP contribution is 2.37. The summed E-state index contributed by atoms with van der Waals surface area (Å²) in [4.78, 5) is 16.0. The van der Waals surface area contributed by atoms with Crippen molar-refractivity contribution in [3.63, 3.8) is 0 Å². The summed E-state index contributed by atoms with van der Waals surface area (Å²) in [7, 11) is 0. The third-order valence-electron chi connectivity index (χ3n) is 5.46. The van der Waals surface area contributed by atoms with Crippen molar-refractivity contribution in [1.29, 1.82) is 0 Å². The van der Waals surface area contributed by atoms with Crippen LogP contribution in [0, 0.1) is 0 Å². The first-order valence-corrected chi connectivity index (χ1v) is 12.0. The van der Waals surface area contributed by atoms with Gasteiger partial charge >= 0.3 is 12.1 Å². The summed E-state index contributed by atoms with van der Waals surface area (Å²) in [5.41, 5.74) is 2.20. The Balaban J connectivity index is 1.83. The van der Waals surface area contributed by atoms with E-state index in [1.807, 2.05) is 48.7 Å². The van der Waals surface area contributed by atoms with Gasteiger partial charge in [0.25, 0.3) is 0 Å². The Bertz CT molecular complexity index is 1440. The van der Waals surface area contributed by atoms with Crippen LogP contribution < -0.4 is 4.74 Å². The molecule has 2 heterocycles. The zero-order valence-electron chi connectivity index (χ0n) is 20.3. The Kier molecular flexibility index (Phi) is 7.59. The lowest BCUT2D eigenvalue weighted by atomic mass is 10.1. The molecule has 0 N–H and O–H groups in total. The van der Waals surface area contributed by atoms with Gasteiger partial charge in [0, 0.05) is 28.9 Å². The number of rotatable bonds is 7. The number of pyridine rings is 1. The second kappa shape index (κ2) is 10.7. The van der Waals surface area contributed by atoms with Gasteiger partial charge < -0.3 is 14.0 Å². The van der Waals surface area contributed by atoms with Gasteiger partial charge in [-0.25, -0.2) is 4.79 Å². The fourth-order valence-electron chi connectivity index (χ4n) is 3.87. The summed E-state index contributed by atoms with van der Waals surface area (Å²) in [6.45, 7) is 5.83. The Hall–Kier alpha value is -3.78. The third kappa shape index (κ3) is 5.80. The molecule has 0 saturated heterocycles. The fourth-order valence-corrected chi connectivity index (χ4v) is 4.17. The summed E-state index contributed by atoms with van der Waals surface area (Å²) in [5, 5.41) is 1.01. The van der Waals surface area contributed by atoms with Gasteiger partial charge in [0.05, 0.1) is 40.2 Å². The molecule has 0 aliphatic heterocycles. The van der Waals surface area contributed by atoms with E-state index in [-0.39, 0.29) is 12.7 Å². The molecule has 0 radical (unpaired) electrons. The Labute approximate surface area is 217 Å². The van der Waals surface area contributed by atoms with Crippen LogP contribution in [0.5, 0.6) is 5.75 Å². The lowest BCUT2D eigenvalue weighted by molar-refractivity contribution is -0.138. The summed E-state index contributed by atoms with van der Waals surface area (Å²) >= 11 is 6.80. The highest BCUT2D eigenvalue weighted by atomic mass is 35.5. The second-order valence-electron chi connectivity index (χ2n) is 8.44. The molecular weight excluding hydrogens is 505 g/mol. The monoisotopic (exact) mass is 528 g/mol. The van der Waals surface area contributed by atoms with E-state index in [2.05, 4.69) is 4.98 Å². The molecule has 0 atom stereocenters. The van der Waals surface area contributed by atoms with Gasteiger partial charge in [0.1, 0.15) is 5.75 Å². The number of nitrogens with zero attached hydrogens (tertiary/aromatic N) is 2. The summed E-state index contributed by atoms with van der Waals surface area (Å²) in [6.07, 6.45) is -0.760. The maximum absolute atomic E-state index is 12.9. The summed E-state index contributed by atoms with van der Waals surface area (Å²) in [6, 6.07) is 15.1. The number of alkyl halides is 3. The van der Waals surface area contributed by atoms with E-state index in [1.165, 1.54) is 12.1 Å². The molecule has 0 aliphatic rings. The Morgan fingerprint density at radius 3 is 2.43 bits per heavy atom. The number of ether oxygens (including phenoxy) is 2. The number of aromatic nitrogens is 2. The number of benzene rings is 2. The molecule has 0 fully saturated rings. The van der Waals surface area contributed by atoms with Crippen molar-refractivity contribution in [2.75, 3.05) is 6.61 Å². The van der Waals surface area contributed by atoms with Crippen LogP contribution in [0.4, 0.5) is 13.2 Å². The molecule has 0 bridgehead atoms. The second-order valence-corrected chi connectivity index (χ2v) is 8.82. The zero-order chi connectivity index (χ0) is 26.7. The van der Waals surface area contributed by atoms with Crippen LogP contribution in [0.2, 0.25) is 5.02 Å². The minimum absolute atomic E-state index is 0.0213. The fraction of sp³-hybridized carbons (Fsp3) is 0.214. The number of carbonyl (C=O) groups excluding carboxylic acids is 1. The quantitative estimate of drug-likeness (QED) is 0.182. The maximum atomic E-state index is 12.9. The highest BCUT2D eigenvalue weighted by molar-refractivity contribution is 6.37. The number of hydrogen-bond donors (Lipinski definition) is 0. The van der Waals surface area contributed by atoms with E-state index >= 15 is 0 Å². The smallest absolute Gasteiger partial charge is 0.417 e. The summed E-state index contributed by atoms with van der Waals surface area (Å²) in [5.74, 6) is 0.200. The summed E-state index contributed by atoms with van der Waals surface area (Å²) < 4.78 is 51.5. The Morgan fingerprint density at radius 1 is 1.11 bits per heavy atom. The standard InChI is InChI=1S/C28H24ClF3N2O3/c1-4-36-26(35)14-13-25-27(29)22-15-18(23-11-6-19(16-33-23)28(30,31)32)5-12-24(22)34(25)20-7-9-21(10-8-20)37-17(2)3/h5-17H,4H2,1-3H3. The van der Waals surface area contributed by atoms with E-state index in [0.29, 0.717) is 33.1 Å². The minimum Gasteiger partial charge on any atom is -0.491 e. The van der Waals surface area contributed by atoms with Crippen molar-refractivity contribution >= 4 is 34.5 Å². The number of esters is 1. The number of fused-ring (bicyclic) bond motifs is 1. The Morgan fingerprint density at radius 2 is 1.84 bits per heavy atom. The molecular formula is C28H24ClF3N2O3. The van der Waals surface area contributed by atoms with Gasteiger partial charge in [-0.2, -0.15) is 13.2 Å². The molecule has 37 heavy (non-hydrogen) atoms. The van der Waals surface area contributed by atoms with Gasteiger partial charge in [-0.05, 0) is 75.4 Å². The molecule has 2 aromatic heterocycles. The van der Waals surface area contributed by atoms with Crippen LogP contribution in [-0.4, -0.2) is 28.2 Å². The highest BCUT2D eigenvalue weighted by Gasteiger charge is 2.30. The van der Waals surface area contributed by atoms with E-state index in [4.69, 9.17) is 21.1 Å². The SMILES string of the molecule is CCOC(=O)C=Cc1c(Cl)c2cc(-c3ccc(C(F)(F)F)cn3)ccc2n1-c1ccc(OC(C)C)cc1. The predicted molar refractivity (Wildman–Crippen MR) is 138 cm³/mol. The van der Waals surface area contributed by atoms with E-state index in [1.54, 1.807) is 25.1 Å². The number of halogens is 4. The van der Waals surface area contributed by atoms with Crippen LogP contribution >= 0.6 is 11.6 Å². The molecule has 2 aromatic carbocycles. The van der Waals surface area contributed by atoms with Crippen molar-refractivity contribution in [1.82, 2.24) is 9.55 Å². The number of carbonyl (C=O) groups is 1. The van der Waals surface area contributed by atoms with E-state index in [9.17, 15) is 18.0 Å². The largest absolute Gasteiger partial charge is 0.491 e. The van der Waals surface area contributed by atoms with Gasteiger partial charge in [-0.1, -0.05) is 17.7 Å². The lowest BCUT2D eigenvalue weighted by Crippen LogP contribution is -2.05. The molecule has 9 heteroatoms. The van der Waals surface area contributed by atoms with Crippen LogP contribution in [0.25, 0.3) is 33.9 Å². The predicted octanol–water partition coefficient (Wildman–Crippen LogP) is 7.73. The topological polar surface area (TPSA) is 53.3 Å². The van der Waals surface area contributed by atoms with E-state index < -0.39 is 17.7 Å². The van der Waals surface area contributed by atoms with Gasteiger partial charge in [0.15, 0.2) is 0 Å². The first kappa shape index (κ1) is 26.3. The van der Waals surface area contributed by atoms with Gasteiger partial charge in [-0.3, -0.25) is 4.98 Å². The molecule has 4 aromatic rings. The van der Waals surface area contributed by atoms with Crippen molar-refractivity contribution in [2.24, 2.45) is 0 Å². The first-order chi connectivity index (χ1) is 17.6. The molecule has 4 rings (SSSR count). The van der Waals surface area contributed by atoms with Crippen molar-refractivity contribution < 1.29 is 27.4 Å². The molecule has 0 spiro atoms. The average Bonchev–Trinajstić information content (AvgIpc) is 3.13. The maximum Gasteiger partial charge on any atom is 0.417 e. The molecule has 0 unspecified atom stereocenters. The molecule has 0 saturated carbocycles. The average molecular weight is 529 g/mol. The molecule has 0 amide bonds. The van der Waals surface area contributed by atoms with E-state index in [0.717, 1.165) is 23.5 Å². The van der Waals surface area contributed by atoms with Gasteiger partial charge in [0.2, 0.25) is 0 Å². The molecule has 192 valence electrons. The zero-order valence-corrected chi connectivity index (χ0v) is 21.1. The van der Waals surface area contributed by atoms with Crippen LogP contribution in [-0.2, 0) is 15.7 Å². The minimum atomic E-state index is -4.47. The molecule has 0 aliphatic carbocycles. The third-order valence-corrected chi connectivity index (χ3v) is 5.85. The first-order valence-electron chi connectivity index (χ1n) is 11.6.